The van der Waals surface area contributed by atoms with E-state index in [0.717, 1.165) is 25.2 Å². The zero-order valence-corrected chi connectivity index (χ0v) is 12.9. The van der Waals surface area contributed by atoms with E-state index in [2.05, 4.69) is 9.97 Å². The van der Waals surface area contributed by atoms with Crippen molar-refractivity contribution in [1.82, 2.24) is 9.97 Å². The first kappa shape index (κ1) is 15.5. The molecule has 2 rings (SSSR count). The second-order valence-corrected chi connectivity index (χ2v) is 5.51. The number of piperidine rings is 1. The molecule has 6 nitrogen and oxygen atoms in total. The van der Waals surface area contributed by atoms with Gasteiger partial charge in [-0.15, -0.1) is 0 Å². The number of hydrogen-bond acceptors (Lipinski definition) is 5. The first-order valence-corrected chi connectivity index (χ1v) is 7.47. The molecule has 21 heavy (non-hydrogen) atoms. The predicted molar refractivity (Wildman–Crippen MR) is 79.7 cm³/mol. The largest absolute Gasteiger partial charge is 0.481 e. The summed E-state index contributed by atoms with van der Waals surface area (Å²) < 4.78 is 5.45. The van der Waals surface area contributed by atoms with Crippen LogP contribution in [0.4, 0.5) is 5.82 Å². The first-order valence-electron chi connectivity index (χ1n) is 7.47. The molecular formula is C15H23N3O3. The smallest absolute Gasteiger partial charge is 0.311 e. The number of carbonyl (C=O) groups is 1. The Balaban J connectivity index is 2.27. The van der Waals surface area contributed by atoms with Gasteiger partial charge < -0.3 is 14.7 Å². The summed E-state index contributed by atoms with van der Waals surface area (Å²) in [5.41, 5.74) is -0.678. The van der Waals surface area contributed by atoms with Crippen molar-refractivity contribution < 1.29 is 14.6 Å². The molecule has 0 spiro atoms. The van der Waals surface area contributed by atoms with Crippen LogP contribution in [-0.4, -0.2) is 40.7 Å². The van der Waals surface area contributed by atoms with Gasteiger partial charge in [-0.1, -0.05) is 6.92 Å². The highest BCUT2D eigenvalue weighted by molar-refractivity contribution is 5.76. The van der Waals surface area contributed by atoms with Crippen LogP contribution >= 0.6 is 0 Å². The Morgan fingerprint density at radius 2 is 2.24 bits per heavy atom. The van der Waals surface area contributed by atoms with Gasteiger partial charge in [-0.05, 0) is 33.1 Å². The minimum Gasteiger partial charge on any atom is -0.481 e. The van der Waals surface area contributed by atoms with E-state index in [4.69, 9.17) is 4.74 Å². The molecular weight excluding hydrogens is 270 g/mol. The van der Waals surface area contributed by atoms with Crippen molar-refractivity contribution in [2.75, 3.05) is 24.6 Å². The lowest BCUT2D eigenvalue weighted by atomic mass is 9.77. The van der Waals surface area contributed by atoms with Crippen molar-refractivity contribution in [3.63, 3.8) is 0 Å². The lowest BCUT2D eigenvalue weighted by Gasteiger charge is -2.40. The monoisotopic (exact) mass is 293 g/mol. The third kappa shape index (κ3) is 3.25. The third-order valence-electron chi connectivity index (χ3n) is 4.12. The zero-order chi connectivity index (χ0) is 15.5. The van der Waals surface area contributed by atoms with Gasteiger partial charge in [0.05, 0.1) is 12.0 Å². The number of aryl methyl sites for hydroxylation is 1. The molecule has 0 amide bonds. The highest BCUT2D eigenvalue weighted by atomic mass is 16.5. The van der Waals surface area contributed by atoms with E-state index in [1.807, 2.05) is 25.7 Å². The van der Waals surface area contributed by atoms with Crippen LogP contribution in [0.25, 0.3) is 0 Å². The molecule has 2 heterocycles. The number of rotatable bonds is 5. The lowest BCUT2D eigenvalue weighted by Crippen LogP contribution is -2.48. The van der Waals surface area contributed by atoms with Gasteiger partial charge in [-0.3, -0.25) is 4.79 Å². The molecule has 1 atom stereocenters. The van der Waals surface area contributed by atoms with Gasteiger partial charge >= 0.3 is 5.97 Å². The minimum atomic E-state index is -0.717. The molecule has 1 unspecified atom stereocenters. The van der Waals surface area contributed by atoms with E-state index in [9.17, 15) is 9.90 Å². The van der Waals surface area contributed by atoms with E-state index in [1.165, 1.54) is 0 Å². The van der Waals surface area contributed by atoms with Crippen molar-refractivity contribution in [2.45, 2.75) is 40.0 Å². The predicted octanol–water partition coefficient (Wildman–Crippen LogP) is 2.26. The summed E-state index contributed by atoms with van der Waals surface area (Å²) >= 11 is 0. The maximum atomic E-state index is 11.6. The summed E-state index contributed by atoms with van der Waals surface area (Å²) in [4.78, 5) is 22.4. The fourth-order valence-electron chi connectivity index (χ4n) is 2.85. The quantitative estimate of drug-likeness (QED) is 0.897. The van der Waals surface area contributed by atoms with Crippen molar-refractivity contribution in [3.8, 4) is 5.88 Å². The second kappa shape index (κ2) is 6.28. The molecule has 1 N–H and O–H groups in total. The average Bonchev–Trinajstić information content (AvgIpc) is 2.47. The number of hydrogen-bond donors (Lipinski definition) is 1. The molecule has 0 aliphatic carbocycles. The molecule has 0 bridgehead atoms. The molecule has 1 saturated heterocycles. The van der Waals surface area contributed by atoms with E-state index >= 15 is 0 Å². The topological polar surface area (TPSA) is 75.5 Å². The summed E-state index contributed by atoms with van der Waals surface area (Å²) in [5.74, 6) is 1.22. The number of anilines is 1. The number of aromatic nitrogens is 2. The number of carboxylic acids is 1. The first-order chi connectivity index (χ1) is 10.0. The van der Waals surface area contributed by atoms with Crippen LogP contribution in [0.3, 0.4) is 0 Å². The Morgan fingerprint density at radius 3 is 2.86 bits per heavy atom. The molecule has 0 saturated carbocycles. The van der Waals surface area contributed by atoms with Crippen molar-refractivity contribution in [3.05, 3.63) is 11.9 Å². The van der Waals surface area contributed by atoms with E-state index in [0.29, 0.717) is 31.3 Å². The SMILES string of the molecule is CCOc1cc(N2CCCC(CC)(C(=O)O)C2)nc(C)n1. The van der Waals surface area contributed by atoms with Crippen molar-refractivity contribution >= 4 is 11.8 Å². The van der Waals surface area contributed by atoms with E-state index < -0.39 is 11.4 Å². The fourth-order valence-corrected chi connectivity index (χ4v) is 2.85. The van der Waals surface area contributed by atoms with Crippen LogP contribution in [0.1, 0.15) is 38.9 Å². The second-order valence-electron chi connectivity index (χ2n) is 5.51. The van der Waals surface area contributed by atoms with Gasteiger partial charge in [0, 0.05) is 19.2 Å². The molecule has 1 aromatic heterocycles. The van der Waals surface area contributed by atoms with Gasteiger partial charge in [0.25, 0.3) is 0 Å². The summed E-state index contributed by atoms with van der Waals surface area (Å²) in [6.07, 6.45) is 2.20. The maximum absolute atomic E-state index is 11.6. The van der Waals surface area contributed by atoms with E-state index in [-0.39, 0.29) is 0 Å². The molecule has 1 aliphatic rings. The third-order valence-corrected chi connectivity index (χ3v) is 4.12. The molecule has 1 fully saturated rings. The van der Waals surface area contributed by atoms with Crippen LogP contribution in [0.5, 0.6) is 5.88 Å². The van der Waals surface area contributed by atoms with Gasteiger partial charge in [-0.25, -0.2) is 4.98 Å². The summed E-state index contributed by atoms with van der Waals surface area (Å²) in [6.45, 7) is 7.51. The van der Waals surface area contributed by atoms with Crippen molar-refractivity contribution in [1.29, 1.82) is 0 Å². The molecule has 1 aliphatic heterocycles. The highest BCUT2D eigenvalue weighted by Crippen LogP contribution is 2.35. The normalized spacial score (nSPS) is 22.1. The van der Waals surface area contributed by atoms with E-state index in [1.54, 1.807) is 6.07 Å². The van der Waals surface area contributed by atoms with Gasteiger partial charge in [0.1, 0.15) is 11.6 Å². The maximum Gasteiger partial charge on any atom is 0.311 e. The molecule has 1 aromatic rings. The minimum absolute atomic E-state index is 0.487. The summed E-state index contributed by atoms with van der Waals surface area (Å²) in [5, 5.41) is 9.56. The Hall–Kier alpha value is -1.85. The number of ether oxygens (including phenoxy) is 1. The Labute approximate surface area is 125 Å². The van der Waals surface area contributed by atoms with Crippen LogP contribution in [0.15, 0.2) is 6.07 Å². The van der Waals surface area contributed by atoms with Crippen LogP contribution in [-0.2, 0) is 4.79 Å². The molecule has 116 valence electrons. The molecule has 6 heteroatoms. The van der Waals surface area contributed by atoms with Gasteiger partial charge in [-0.2, -0.15) is 4.98 Å². The average molecular weight is 293 g/mol. The van der Waals surface area contributed by atoms with Gasteiger partial charge in [0.15, 0.2) is 0 Å². The standard InChI is InChI=1S/C15H23N3O3/c1-4-15(14(19)20)7-6-8-18(10-15)12-9-13(21-5-2)17-11(3)16-12/h9H,4-8,10H2,1-3H3,(H,19,20). The Morgan fingerprint density at radius 1 is 1.48 bits per heavy atom. The van der Waals surface area contributed by atoms with Crippen LogP contribution in [0, 0.1) is 12.3 Å². The highest BCUT2D eigenvalue weighted by Gasteiger charge is 2.41. The van der Waals surface area contributed by atoms with Crippen molar-refractivity contribution in [2.24, 2.45) is 5.41 Å². The Kier molecular flexibility index (Phi) is 4.65. The molecule has 0 aromatic carbocycles. The lowest BCUT2D eigenvalue weighted by molar-refractivity contribution is -0.149. The number of aliphatic carboxylic acids is 1. The summed E-state index contributed by atoms with van der Waals surface area (Å²) in [7, 11) is 0. The number of nitrogens with zero attached hydrogens (tertiary/aromatic N) is 3. The van der Waals surface area contributed by atoms with Crippen LogP contribution < -0.4 is 9.64 Å². The zero-order valence-electron chi connectivity index (χ0n) is 12.9. The van der Waals surface area contributed by atoms with Crippen LogP contribution in [0.2, 0.25) is 0 Å². The molecule has 0 radical (unpaired) electrons. The number of carboxylic acid groups (broad SMARTS) is 1. The summed E-state index contributed by atoms with van der Waals surface area (Å²) in [6, 6.07) is 1.80. The van der Waals surface area contributed by atoms with Gasteiger partial charge in [0.2, 0.25) is 5.88 Å². The Bertz CT molecular complexity index is 521. The fraction of sp³-hybridized carbons (Fsp3) is 0.667.